The van der Waals surface area contributed by atoms with Gasteiger partial charge < -0.3 is 10.0 Å². The molecule has 0 radical (unpaired) electrons. The predicted molar refractivity (Wildman–Crippen MR) is 63.5 cm³/mol. The largest absolute Gasteiger partial charge is 0.481 e. The second-order valence-electron chi connectivity index (χ2n) is 5.24. The Bertz CT molecular complexity index is 312. The number of nitrogens with zero attached hydrogens (tertiary/aromatic N) is 1. The van der Waals surface area contributed by atoms with Crippen LogP contribution >= 0.6 is 0 Å². The Morgan fingerprint density at radius 3 is 2.24 bits per heavy atom. The lowest BCUT2D eigenvalue weighted by Crippen LogP contribution is -2.47. The summed E-state index contributed by atoms with van der Waals surface area (Å²) < 4.78 is 0. The number of hydrogen-bond donors (Lipinski definition) is 1. The molecule has 0 spiro atoms. The zero-order valence-electron chi connectivity index (χ0n) is 10.4. The number of aliphatic carboxylic acids is 1. The normalized spacial score (nSPS) is 27.4. The standard InChI is InChI=1S/C13H21NO3/c1-2-3-8-14(9-4-5-9)12(15)10-6-7-11(10)13(16)17/h9-11H,2-8H2,1H3,(H,16,17). The first-order valence-electron chi connectivity index (χ1n) is 6.68. The number of carboxylic acids is 1. The van der Waals surface area contributed by atoms with E-state index in [2.05, 4.69) is 6.92 Å². The predicted octanol–water partition coefficient (Wildman–Crippen LogP) is 1.89. The highest BCUT2D eigenvalue weighted by molar-refractivity contribution is 5.86. The molecular formula is C13H21NO3. The molecular weight excluding hydrogens is 218 g/mol. The Hall–Kier alpha value is -1.06. The molecule has 2 unspecified atom stereocenters. The van der Waals surface area contributed by atoms with Crippen molar-refractivity contribution in [3.8, 4) is 0 Å². The zero-order chi connectivity index (χ0) is 12.4. The van der Waals surface area contributed by atoms with Crippen molar-refractivity contribution in [3.05, 3.63) is 0 Å². The first kappa shape index (κ1) is 12.4. The molecule has 0 aromatic rings. The van der Waals surface area contributed by atoms with Gasteiger partial charge in [-0.1, -0.05) is 13.3 Å². The van der Waals surface area contributed by atoms with Crippen molar-refractivity contribution in [1.82, 2.24) is 4.90 Å². The molecule has 2 saturated carbocycles. The summed E-state index contributed by atoms with van der Waals surface area (Å²) in [4.78, 5) is 25.2. The van der Waals surface area contributed by atoms with Gasteiger partial charge in [0.1, 0.15) is 0 Å². The van der Waals surface area contributed by atoms with Crippen LogP contribution in [-0.2, 0) is 9.59 Å². The van der Waals surface area contributed by atoms with Gasteiger partial charge in [-0.3, -0.25) is 9.59 Å². The highest BCUT2D eigenvalue weighted by Crippen LogP contribution is 2.38. The van der Waals surface area contributed by atoms with Crippen LogP contribution in [0.25, 0.3) is 0 Å². The highest BCUT2D eigenvalue weighted by atomic mass is 16.4. The van der Waals surface area contributed by atoms with Gasteiger partial charge in [-0.05, 0) is 32.1 Å². The first-order valence-corrected chi connectivity index (χ1v) is 6.68. The summed E-state index contributed by atoms with van der Waals surface area (Å²) in [6.45, 7) is 2.92. The molecule has 0 aliphatic heterocycles. The van der Waals surface area contributed by atoms with Crippen LogP contribution in [0.15, 0.2) is 0 Å². The number of hydrogen-bond acceptors (Lipinski definition) is 2. The van der Waals surface area contributed by atoms with E-state index in [-0.39, 0.29) is 11.8 Å². The van der Waals surface area contributed by atoms with Crippen molar-refractivity contribution < 1.29 is 14.7 Å². The lowest BCUT2D eigenvalue weighted by Gasteiger charge is -2.36. The van der Waals surface area contributed by atoms with Crippen LogP contribution in [0, 0.1) is 11.8 Å². The van der Waals surface area contributed by atoms with Crippen LogP contribution < -0.4 is 0 Å². The molecule has 2 rings (SSSR count). The Labute approximate surface area is 102 Å². The third kappa shape index (κ3) is 2.61. The second-order valence-corrected chi connectivity index (χ2v) is 5.24. The topological polar surface area (TPSA) is 57.6 Å². The summed E-state index contributed by atoms with van der Waals surface area (Å²) >= 11 is 0. The van der Waals surface area contributed by atoms with Gasteiger partial charge in [0.15, 0.2) is 0 Å². The van der Waals surface area contributed by atoms with Gasteiger partial charge in [0.2, 0.25) is 5.91 Å². The van der Waals surface area contributed by atoms with E-state index >= 15 is 0 Å². The van der Waals surface area contributed by atoms with Crippen molar-refractivity contribution in [2.24, 2.45) is 11.8 Å². The van der Waals surface area contributed by atoms with Crippen molar-refractivity contribution in [2.45, 2.75) is 51.5 Å². The molecule has 2 atom stereocenters. The average molecular weight is 239 g/mol. The Morgan fingerprint density at radius 2 is 1.82 bits per heavy atom. The lowest BCUT2D eigenvalue weighted by atomic mass is 9.73. The highest BCUT2D eigenvalue weighted by Gasteiger charge is 2.45. The van der Waals surface area contributed by atoms with Gasteiger partial charge in [-0.25, -0.2) is 0 Å². The Morgan fingerprint density at radius 1 is 1.18 bits per heavy atom. The maximum absolute atomic E-state index is 12.3. The van der Waals surface area contributed by atoms with Crippen molar-refractivity contribution in [3.63, 3.8) is 0 Å². The van der Waals surface area contributed by atoms with Crippen LogP contribution in [0.4, 0.5) is 0 Å². The molecule has 0 bridgehead atoms. The number of carboxylic acid groups (broad SMARTS) is 1. The first-order chi connectivity index (χ1) is 8.15. The number of amides is 1. The molecule has 1 N–H and O–H groups in total. The maximum Gasteiger partial charge on any atom is 0.307 e. The average Bonchev–Trinajstić information content (AvgIpc) is 2.99. The molecule has 2 aliphatic rings. The monoisotopic (exact) mass is 239 g/mol. The fraction of sp³-hybridized carbons (Fsp3) is 0.846. The summed E-state index contributed by atoms with van der Waals surface area (Å²) in [6.07, 6.45) is 5.71. The minimum atomic E-state index is -0.805. The van der Waals surface area contributed by atoms with Crippen LogP contribution in [0.5, 0.6) is 0 Å². The minimum absolute atomic E-state index is 0.0969. The zero-order valence-corrected chi connectivity index (χ0v) is 10.4. The van der Waals surface area contributed by atoms with Crippen LogP contribution in [-0.4, -0.2) is 34.5 Å². The molecule has 0 heterocycles. The molecule has 2 fully saturated rings. The molecule has 1 amide bonds. The molecule has 4 heteroatoms. The summed E-state index contributed by atoms with van der Waals surface area (Å²) in [7, 11) is 0. The van der Waals surface area contributed by atoms with Crippen molar-refractivity contribution >= 4 is 11.9 Å². The second kappa shape index (κ2) is 5.07. The number of carbonyl (C=O) groups is 2. The summed E-state index contributed by atoms with van der Waals surface area (Å²) in [5.41, 5.74) is 0. The smallest absolute Gasteiger partial charge is 0.307 e. The summed E-state index contributed by atoms with van der Waals surface area (Å²) in [5.74, 6) is -1.38. The molecule has 96 valence electrons. The van der Waals surface area contributed by atoms with Gasteiger partial charge in [0.05, 0.1) is 11.8 Å². The molecule has 2 aliphatic carbocycles. The number of unbranched alkanes of at least 4 members (excludes halogenated alkanes) is 1. The third-order valence-corrected chi connectivity index (χ3v) is 3.93. The van der Waals surface area contributed by atoms with E-state index in [0.717, 1.165) is 38.6 Å². The van der Waals surface area contributed by atoms with E-state index in [1.54, 1.807) is 0 Å². The quantitative estimate of drug-likeness (QED) is 0.770. The molecule has 17 heavy (non-hydrogen) atoms. The van der Waals surface area contributed by atoms with Crippen LogP contribution in [0.3, 0.4) is 0 Å². The molecule has 4 nitrogen and oxygen atoms in total. The van der Waals surface area contributed by atoms with Gasteiger partial charge in [-0.2, -0.15) is 0 Å². The molecule has 0 aromatic carbocycles. The van der Waals surface area contributed by atoms with Crippen molar-refractivity contribution in [2.75, 3.05) is 6.54 Å². The van der Waals surface area contributed by atoms with Gasteiger partial charge in [-0.15, -0.1) is 0 Å². The van der Waals surface area contributed by atoms with E-state index in [1.807, 2.05) is 4.90 Å². The van der Waals surface area contributed by atoms with E-state index in [1.165, 1.54) is 0 Å². The fourth-order valence-corrected chi connectivity index (χ4v) is 2.49. The molecule has 0 aromatic heterocycles. The van der Waals surface area contributed by atoms with Crippen molar-refractivity contribution in [1.29, 1.82) is 0 Å². The van der Waals surface area contributed by atoms with Gasteiger partial charge in [0.25, 0.3) is 0 Å². The summed E-state index contributed by atoms with van der Waals surface area (Å²) in [6, 6.07) is 0.407. The van der Waals surface area contributed by atoms with Crippen LogP contribution in [0.1, 0.15) is 45.4 Å². The molecule has 0 saturated heterocycles. The SMILES string of the molecule is CCCCN(C(=O)C1CCC1C(=O)O)C1CC1. The van der Waals surface area contributed by atoms with E-state index in [0.29, 0.717) is 12.5 Å². The van der Waals surface area contributed by atoms with Gasteiger partial charge in [0, 0.05) is 12.6 Å². The Kier molecular flexibility index (Phi) is 3.69. The number of rotatable bonds is 6. The fourth-order valence-electron chi connectivity index (χ4n) is 2.49. The minimum Gasteiger partial charge on any atom is -0.481 e. The Balaban J connectivity index is 1.93. The summed E-state index contributed by atoms with van der Waals surface area (Å²) in [5, 5.41) is 8.99. The van der Waals surface area contributed by atoms with Gasteiger partial charge >= 0.3 is 5.97 Å². The van der Waals surface area contributed by atoms with E-state index in [9.17, 15) is 9.59 Å². The number of carbonyl (C=O) groups excluding carboxylic acids is 1. The van der Waals surface area contributed by atoms with E-state index in [4.69, 9.17) is 5.11 Å². The lowest BCUT2D eigenvalue weighted by molar-refractivity contribution is -0.157. The third-order valence-electron chi connectivity index (χ3n) is 3.93. The van der Waals surface area contributed by atoms with E-state index < -0.39 is 11.9 Å². The maximum atomic E-state index is 12.3. The van der Waals surface area contributed by atoms with Crippen LogP contribution in [0.2, 0.25) is 0 Å².